The third-order valence-electron chi connectivity index (χ3n) is 3.85. The Labute approximate surface area is 160 Å². The molecule has 0 fully saturated rings. The maximum atomic E-state index is 11.1. The van der Waals surface area contributed by atoms with Crippen LogP contribution in [0.5, 0.6) is 0 Å². The maximum absolute atomic E-state index is 11.1. The summed E-state index contributed by atoms with van der Waals surface area (Å²) in [6, 6.07) is 10.1. The highest BCUT2D eigenvalue weighted by Crippen LogP contribution is 2.16. The van der Waals surface area contributed by atoms with E-state index in [0.29, 0.717) is 6.42 Å². The van der Waals surface area contributed by atoms with Gasteiger partial charge >= 0.3 is 5.97 Å². The number of ether oxygens (including phenoxy) is 1. The monoisotopic (exact) mass is 369 g/mol. The molecular weight excluding hydrogens is 342 g/mol. The van der Waals surface area contributed by atoms with Gasteiger partial charge in [0.2, 0.25) is 6.20 Å². The van der Waals surface area contributed by atoms with Gasteiger partial charge in [-0.15, -0.1) is 0 Å². The van der Waals surface area contributed by atoms with Crippen LogP contribution < -0.4 is 0 Å². The lowest BCUT2D eigenvalue weighted by atomic mass is 10.0. The second kappa shape index (κ2) is 14.2. The van der Waals surface area contributed by atoms with Crippen molar-refractivity contribution in [3.63, 3.8) is 0 Å². The lowest BCUT2D eigenvalue weighted by Crippen LogP contribution is -1.93. The number of benzene rings is 1. The zero-order chi connectivity index (χ0) is 19.7. The first-order chi connectivity index (χ1) is 13.1. The number of nitro groups is 1. The third-order valence-corrected chi connectivity index (χ3v) is 3.85. The summed E-state index contributed by atoms with van der Waals surface area (Å²) >= 11 is 0. The van der Waals surface area contributed by atoms with Crippen molar-refractivity contribution in [3.8, 4) is 0 Å². The number of methoxy groups -OCH3 is 1. The molecule has 1 aromatic carbocycles. The third kappa shape index (κ3) is 12.1. The number of unbranched alkanes of at least 4 members (excludes halogenated alkanes) is 2. The van der Waals surface area contributed by atoms with E-state index in [1.54, 1.807) is 6.08 Å². The van der Waals surface area contributed by atoms with Crippen molar-refractivity contribution < 1.29 is 14.5 Å². The molecule has 5 nitrogen and oxygen atoms in total. The number of carbonyl (C=O) groups is 1. The first-order valence-electron chi connectivity index (χ1n) is 9.07. The van der Waals surface area contributed by atoms with Crippen LogP contribution >= 0.6 is 0 Å². The van der Waals surface area contributed by atoms with Crippen molar-refractivity contribution in [2.45, 2.75) is 38.5 Å². The first-order valence-corrected chi connectivity index (χ1v) is 9.07. The lowest BCUT2D eigenvalue weighted by Gasteiger charge is -2.05. The van der Waals surface area contributed by atoms with Gasteiger partial charge in [0.25, 0.3) is 0 Å². The Hall–Kier alpha value is -2.95. The van der Waals surface area contributed by atoms with Gasteiger partial charge in [-0.3, -0.25) is 10.1 Å². The normalized spacial score (nSPS) is 12.3. The number of rotatable bonds is 12. The zero-order valence-electron chi connectivity index (χ0n) is 15.8. The van der Waals surface area contributed by atoms with Crippen LogP contribution in [-0.2, 0) is 9.53 Å². The molecule has 0 aliphatic carbocycles. The fourth-order valence-corrected chi connectivity index (χ4v) is 2.44. The van der Waals surface area contributed by atoms with Crippen LogP contribution in [-0.4, -0.2) is 18.0 Å². The smallest absolute Gasteiger partial charge is 0.330 e. The van der Waals surface area contributed by atoms with E-state index in [0.717, 1.165) is 43.9 Å². The van der Waals surface area contributed by atoms with E-state index in [1.807, 2.05) is 42.5 Å². The Balaban J connectivity index is 2.55. The van der Waals surface area contributed by atoms with Gasteiger partial charge in [0.15, 0.2) is 0 Å². The Bertz CT molecular complexity index is 688. The number of carbonyl (C=O) groups excluding carboxylic acids is 1. The van der Waals surface area contributed by atoms with E-state index in [-0.39, 0.29) is 5.97 Å². The Morgan fingerprint density at radius 1 is 1.11 bits per heavy atom. The number of nitrogens with zero attached hydrogens (tertiary/aromatic N) is 1. The summed E-state index contributed by atoms with van der Waals surface area (Å²) in [6.45, 7) is 0. The molecule has 0 N–H and O–H groups in total. The van der Waals surface area contributed by atoms with E-state index < -0.39 is 4.92 Å². The van der Waals surface area contributed by atoms with E-state index in [4.69, 9.17) is 0 Å². The molecule has 1 rings (SSSR count). The van der Waals surface area contributed by atoms with Gasteiger partial charge in [0, 0.05) is 6.08 Å². The number of hydrogen-bond donors (Lipinski definition) is 0. The van der Waals surface area contributed by atoms with E-state index in [2.05, 4.69) is 16.9 Å². The van der Waals surface area contributed by atoms with Crippen LogP contribution in [0.1, 0.15) is 44.1 Å². The average Bonchev–Trinajstić information content (AvgIpc) is 2.67. The highest BCUT2D eigenvalue weighted by Gasteiger charge is 1.98. The van der Waals surface area contributed by atoms with Crippen LogP contribution in [0.25, 0.3) is 6.08 Å². The molecule has 5 heteroatoms. The topological polar surface area (TPSA) is 69.4 Å². The standard InChI is InChI=1S/C22H27NO4/c1-27-22(24)18-9-8-15-21(12-5-2-3-10-19-23(25)26)17-11-16-20-13-6-4-7-14-20/h4,6-7,9-11,13-14,16-19H,2-3,5,8,12,15H2,1H3/b16-11+,18-9+,19-10+,21-17-. The minimum Gasteiger partial charge on any atom is -0.466 e. The maximum Gasteiger partial charge on any atom is 0.330 e. The molecule has 27 heavy (non-hydrogen) atoms. The minimum absolute atomic E-state index is 0.345. The quantitative estimate of drug-likeness (QED) is 0.122. The molecule has 0 radical (unpaired) electrons. The van der Waals surface area contributed by atoms with Crippen LogP contribution in [0, 0.1) is 10.1 Å². The van der Waals surface area contributed by atoms with Crippen molar-refractivity contribution in [2.75, 3.05) is 7.11 Å². The van der Waals surface area contributed by atoms with Gasteiger partial charge in [-0.05, 0) is 50.2 Å². The average molecular weight is 369 g/mol. The summed E-state index contributed by atoms with van der Waals surface area (Å²) in [6.07, 6.45) is 17.2. The van der Waals surface area contributed by atoms with Crippen LogP contribution in [0.2, 0.25) is 0 Å². The minimum atomic E-state index is -0.437. The summed E-state index contributed by atoms with van der Waals surface area (Å²) in [7, 11) is 1.36. The van der Waals surface area contributed by atoms with Crippen molar-refractivity contribution >= 4 is 12.0 Å². The van der Waals surface area contributed by atoms with Crippen molar-refractivity contribution in [1.82, 2.24) is 0 Å². The van der Waals surface area contributed by atoms with Gasteiger partial charge < -0.3 is 4.74 Å². The van der Waals surface area contributed by atoms with Gasteiger partial charge in [0.05, 0.1) is 12.0 Å². The number of hydrogen-bond acceptors (Lipinski definition) is 4. The second-order valence-corrected chi connectivity index (χ2v) is 5.97. The van der Waals surface area contributed by atoms with Crippen LogP contribution in [0.15, 0.2) is 72.5 Å². The van der Waals surface area contributed by atoms with Gasteiger partial charge in [-0.1, -0.05) is 60.2 Å². The summed E-state index contributed by atoms with van der Waals surface area (Å²) in [5.74, 6) is -0.345. The molecule has 0 bridgehead atoms. The largest absolute Gasteiger partial charge is 0.466 e. The molecular formula is C22H27NO4. The lowest BCUT2D eigenvalue weighted by molar-refractivity contribution is -0.402. The Kier molecular flexibility index (Phi) is 11.7. The molecule has 0 aliphatic rings. The Morgan fingerprint density at radius 3 is 2.59 bits per heavy atom. The van der Waals surface area contributed by atoms with Gasteiger partial charge in [0.1, 0.15) is 0 Å². The molecule has 0 aliphatic heterocycles. The van der Waals surface area contributed by atoms with Crippen LogP contribution in [0.4, 0.5) is 0 Å². The van der Waals surface area contributed by atoms with E-state index in [1.165, 1.54) is 18.8 Å². The van der Waals surface area contributed by atoms with Gasteiger partial charge in [-0.25, -0.2) is 4.79 Å². The second-order valence-electron chi connectivity index (χ2n) is 5.97. The fraction of sp³-hybridized carbons (Fsp3) is 0.318. The molecule has 0 spiro atoms. The van der Waals surface area contributed by atoms with Gasteiger partial charge in [-0.2, -0.15) is 0 Å². The molecule has 0 unspecified atom stereocenters. The van der Waals surface area contributed by atoms with E-state index in [9.17, 15) is 14.9 Å². The highest BCUT2D eigenvalue weighted by atomic mass is 16.6. The predicted octanol–water partition coefficient (Wildman–Crippen LogP) is 5.49. The molecule has 1 aromatic rings. The fourth-order valence-electron chi connectivity index (χ4n) is 2.44. The Morgan fingerprint density at radius 2 is 1.89 bits per heavy atom. The van der Waals surface area contributed by atoms with Crippen molar-refractivity contribution in [2.24, 2.45) is 0 Å². The SMILES string of the molecule is COC(=O)/C=C/CC/C(=C\C=C\c1ccccc1)CCCC/C=C/[N+](=O)[O-]. The predicted molar refractivity (Wildman–Crippen MR) is 109 cm³/mol. The van der Waals surface area contributed by atoms with E-state index >= 15 is 0 Å². The van der Waals surface area contributed by atoms with Crippen molar-refractivity contribution in [1.29, 1.82) is 0 Å². The molecule has 0 saturated carbocycles. The highest BCUT2D eigenvalue weighted by molar-refractivity contribution is 5.81. The zero-order valence-corrected chi connectivity index (χ0v) is 15.8. The van der Waals surface area contributed by atoms with Crippen LogP contribution in [0.3, 0.4) is 0 Å². The summed E-state index contributed by atoms with van der Waals surface area (Å²) in [4.78, 5) is 20.9. The summed E-state index contributed by atoms with van der Waals surface area (Å²) < 4.78 is 4.58. The molecule has 0 atom stereocenters. The summed E-state index contributed by atoms with van der Waals surface area (Å²) in [5.41, 5.74) is 2.43. The molecule has 0 aromatic heterocycles. The molecule has 144 valence electrons. The summed E-state index contributed by atoms with van der Waals surface area (Å²) in [5, 5.41) is 10.3. The van der Waals surface area contributed by atoms with Crippen molar-refractivity contribution in [3.05, 3.63) is 88.2 Å². The molecule has 0 heterocycles. The molecule has 0 saturated heterocycles. The number of allylic oxidation sites excluding steroid dienone is 5. The first kappa shape index (κ1) is 22.1. The number of esters is 1. The molecule has 0 amide bonds.